The molecule has 27 heavy (non-hydrogen) atoms. The van der Waals surface area contributed by atoms with Crippen LogP contribution in [-0.2, 0) is 20.5 Å². The maximum Gasteiger partial charge on any atom is 0.417 e. The predicted molar refractivity (Wildman–Crippen MR) is 91.3 cm³/mol. The van der Waals surface area contributed by atoms with Crippen LogP contribution in [0.15, 0.2) is 24.3 Å². The zero-order valence-electron chi connectivity index (χ0n) is 14.3. The van der Waals surface area contributed by atoms with E-state index in [1.807, 2.05) is 6.07 Å². The molecule has 0 unspecified atom stereocenters. The Labute approximate surface area is 158 Å². The number of alkyl halides is 3. The molecular formula is C18H16ClF3N2O3. The Balaban J connectivity index is 1.90. The van der Waals surface area contributed by atoms with Gasteiger partial charge >= 0.3 is 12.1 Å². The van der Waals surface area contributed by atoms with Crippen molar-refractivity contribution in [2.24, 2.45) is 5.92 Å². The minimum atomic E-state index is -4.62. The standard InChI is InChI=1S/C18H16ClF3N2O3/c1-17(10-23,12-4-5-12)24-15(25)9-27-16(26)7-3-11-2-6-14(19)13(8-11)18(20,21)22/h2-3,6-8,12H,4-5,9H2,1H3,(H,24,25)/b7-3+/t17-/m1/s1. The third kappa shape index (κ3) is 5.73. The molecule has 0 spiro atoms. The summed E-state index contributed by atoms with van der Waals surface area (Å²) in [5, 5.41) is 11.2. The number of nitrogens with one attached hydrogen (secondary N) is 1. The molecule has 1 amide bonds. The van der Waals surface area contributed by atoms with Crippen molar-refractivity contribution < 1.29 is 27.5 Å². The number of hydrogen-bond donors (Lipinski definition) is 1. The van der Waals surface area contributed by atoms with Crippen molar-refractivity contribution in [3.63, 3.8) is 0 Å². The number of rotatable bonds is 6. The van der Waals surface area contributed by atoms with Crippen LogP contribution in [0.5, 0.6) is 0 Å². The molecule has 144 valence electrons. The molecule has 1 aliphatic carbocycles. The number of benzene rings is 1. The van der Waals surface area contributed by atoms with Gasteiger partial charge in [-0.3, -0.25) is 4.79 Å². The summed E-state index contributed by atoms with van der Waals surface area (Å²) in [4.78, 5) is 23.5. The van der Waals surface area contributed by atoms with E-state index in [9.17, 15) is 22.8 Å². The van der Waals surface area contributed by atoms with Crippen molar-refractivity contribution >= 4 is 29.6 Å². The Kier molecular flexibility index (Phi) is 6.16. The zero-order chi connectivity index (χ0) is 20.2. The average Bonchev–Trinajstić information content (AvgIpc) is 3.43. The van der Waals surface area contributed by atoms with E-state index in [2.05, 4.69) is 5.32 Å². The molecule has 0 heterocycles. The van der Waals surface area contributed by atoms with E-state index < -0.39 is 40.8 Å². The molecule has 1 aromatic rings. The minimum Gasteiger partial charge on any atom is -0.452 e. The summed E-state index contributed by atoms with van der Waals surface area (Å²) in [6.45, 7) is 1.00. The van der Waals surface area contributed by atoms with Gasteiger partial charge in [-0.15, -0.1) is 0 Å². The van der Waals surface area contributed by atoms with Crippen LogP contribution in [0.1, 0.15) is 30.9 Å². The Morgan fingerprint density at radius 2 is 2.07 bits per heavy atom. The molecule has 1 saturated carbocycles. The highest BCUT2D eigenvalue weighted by molar-refractivity contribution is 6.31. The lowest BCUT2D eigenvalue weighted by molar-refractivity contribution is -0.144. The van der Waals surface area contributed by atoms with Crippen molar-refractivity contribution in [3.05, 3.63) is 40.4 Å². The van der Waals surface area contributed by atoms with E-state index >= 15 is 0 Å². The first kappa shape index (κ1) is 20.8. The van der Waals surface area contributed by atoms with Crippen LogP contribution in [0.2, 0.25) is 5.02 Å². The molecule has 0 bridgehead atoms. The summed E-state index contributed by atoms with van der Waals surface area (Å²) in [6.07, 6.45) is -0.910. The molecule has 5 nitrogen and oxygen atoms in total. The van der Waals surface area contributed by atoms with Gasteiger partial charge in [0.2, 0.25) is 0 Å². The maximum atomic E-state index is 12.8. The van der Waals surface area contributed by atoms with E-state index in [0.717, 1.165) is 37.1 Å². The van der Waals surface area contributed by atoms with Gasteiger partial charge in [-0.05, 0) is 49.5 Å². The molecule has 9 heteroatoms. The summed E-state index contributed by atoms with van der Waals surface area (Å²) >= 11 is 5.52. The quantitative estimate of drug-likeness (QED) is 0.583. The van der Waals surface area contributed by atoms with Crippen LogP contribution in [0.25, 0.3) is 6.08 Å². The van der Waals surface area contributed by atoms with E-state index in [4.69, 9.17) is 21.6 Å². The smallest absolute Gasteiger partial charge is 0.417 e. The summed E-state index contributed by atoms with van der Waals surface area (Å²) in [5.41, 5.74) is -1.93. The van der Waals surface area contributed by atoms with Crippen LogP contribution in [0.3, 0.4) is 0 Å². The fourth-order valence-corrected chi connectivity index (χ4v) is 2.65. The first-order chi connectivity index (χ1) is 12.5. The SMILES string of the molecule is C[C@](C#N)(NC(=O)COC(=O)/C=C/c1ccc(Cl)c(C(F)(F)F)c1)C1CC1. The number of amides is 1. The molecule has 2 rings (SSSR count). The molecule has 0 aliphatic heterocycles. The number of carbonyl (C=O) groups is 2. The lowest BCUT2D eigenvalue weighted by Gasteiger charge is -2.22. The van der Waals surface area contributed by atoms with Gasteiger partial charge in [0.05, 0.1) is 16.7 Å². The van der Waals surface area contributed by atoms with Crippen LogP contribution in [-0.4, -0.2) is 24.0 Å². The van der Waals surface area contributed by atoms with Crippen LogP contribution in [0, 0.1) is 17.2 Å². The minimum absolute atomic E-state index is 0.0785. The Bertz CT molecular complexity index is 813. The Morgan fingerprint density at radius 1 is 1.41 bits per heavy atom. The number of carbonyl (C=O) groups excluding carboxylic acids is 2. The molecular weight excluding hydrogens is 385 g/mol. The highest BCUT2D eigenvalue weighted by atomic mass is 35.5. The second kappa shape index (κ2) is 8.01. The average molecular weight is 401 g/mol. The number of halogens is 4. The highest BCUT2D eigenvalue weighted by Crippen LogP contribution is 2.39. The van der Waals surface area contributed by atoms with Gasteiger partial charge in [0.15, 0.2) is 6.61 Å². The van der Waals surface area contributed by atoms with Gasteiger partial charge in [0.25, 0.3) is 5.91 Å². The van der Waals surface area contributed by atoms with E-state index in [-0.39, 0.29) is 11.5 Å². The monoisotopic (exact) mass is 400 g/mol. The van der Waals surface area contributed by atoms with E-state index in [0.29, 0.717) is 0 Å². The summed E-state index contributed by atoms with van der Waals surface area (Å²) < 4.78 is 43.1. The maximum absolute atomic E-state index is 12.8. The third-order valence-electron chi connectivity index (χ3n) is 4.08. The topological polar surface area (TPSA) is 79.2 Å². The second-order valence-corrected chi connectivity index (χ2v) is 6.72. The first-order valence-electron chi connectivity index (χ1n) is 7.99. The zero-order valence-corrected chi connectivity index (χ0v) is 15.0. The van der Waals surface area contributed by atoms with Crippen molar-refractivity contribution in [1.29, 1.82) is 5.26 Å². The van der Waals surface area contributed by atoms with Crippen LogP contribution >= 0.6 is 11.6 Å². The summed E-state index contributed by atoms with van der Waals surface area (Å²) in [7, 11) is 0. The van der Waals surface area contributed by atoms with Crippen molar-refractivity contribution in [1.82, 2.24) is 5.32 Å². The Hall–Kier alpha value is -2.53. The number of nitrogens with zero attached hydrogens (tertiary/aromatic N) is 1. The molecule has 1 aromatic carbocycles. The van der Waals surface area contributed by atoms with Gasteiger partial charge in [0, 0.05) is 6.08 Å². The predicted octanol–water partition coefficient (Wildman–Crippen LogP) is 3.72. The molecule has 1 aliphatic rings. The number of nitriles is 1. The molecule has 1 atom stereocenters. The van der Waals surface area contributed by atoms with Gasteiger partial charge in [0.1, 0.15) is 5.54 Å². The Morgan fingerprint density at radius 3 is 2.63 bits per heavy atom. The second-order valence-electron chi connectivity index (χ2n) is 6.31. The van der Waals surface area contributed by atoms with E-state index in [1.165, 1.54) is 6.07 Å². The molecule has 0 saturated heterocycles. The first-order valence-corrected chi connectivity index (χ1v) is 8.37. The molecule has 1 fully saturated rings. The van der Waals surface area contributed by atoms with E-state index in [1.54, 1.807) is 6.92 Å². The number of esters is 1. The fraction of sp³-hybridized carbons (Fsp3) is 0.389. The summed E-state index contributed by atoms with van der Waals surface area (Å²) in [6, 6.07) is 5.22. The van der Waals surface area contributed by atoms with Crippen molar-refractivity contribution in [3.8, 4) is 6.07 Å². The van der Waals surface area contributed by atoms with Crippen molar-refractivity contribution in [2.45, 2.75) is 31.5 Å². The van der Waals surface area contributed by atoms with Gasteiger partial charge in [-0.1, -0.05) is 17.7 Å². The number of ether oxygens (including phenoxy) is 1. The highest BCUT2D eigenvalue weighted by Gasteiger charge is 2.43. The van der Waals surface area contributed by atoms with Gasteiger partial charge < -0.3 is 10.1 Å². The largest absolute Gasteiger partial charge is 0.452 e. The van der Waals surface area contributed by atoms with Crippen LogP contribution < -0.4 is 5.32 Å². The van der Waals surface area contributed by atoms with Gasteiger partial charge in [-0.25, -0.2) is 4.79 Å². The normalized spacial score (nSPS) is 16.4. The lowest BCUT2D eigenvalue weighted by Crippen LogP contribution is -2.48. The molecule has 0 aromatic heterocycles. The molecule has 0 radical (unpaired) electrons. The fourth-order valence-electron chi connectivity index (χ4n) is 2.42. The molecule has 1 N–H and O–H groups in total. The third-order valence-corrected chi connectivity index (χ3v) is 4.41. The van der Waals surface area contributed by atoms with Gasteiger partial charge in [-0.2, -0.15) is 18.4 Å². The van der Waals surface area contributed by atoms with Crippen LogP contribution in [0.4, 0.5) is 13.2 Å². The number of hydrogen-bond acceptors (Lipinski definition) is 4. The summed E-state index contributed by atoms with van der Waals surface area (Å²) in [5.74, 6) is -1.45. The lowest BCUT2D eigenvalue weighted by atomic mass is 9.98. The van der Waals surface area contributed by atoms with Crippen molar-refractivity contribution in [2.75, 3.05) is 6.61 Å².